The molecule has 3 aromatic heterocycles. The summed E-state index contributed by atoms with van der Waals surface area (Å²) in [5.74, 6) is 1.94. The Morgan fingerprint density at radius 1 is 0.914 bits per heavy atom. The molecule has 0 fully saturated rings. The number of anilines is 2. The first kappa shape index (κ1) is 23.8. The number of benzene rings is 1. The summed E-state index contributed by atoms with van der Waals surface area (Å²) in [6.07, 6.45) is 7.98. The number of aromatic nitrogens is 6. The van der Waals surface area contributed by atoms with Gasteiger partial charge in [0.1, 0.15) is 28.8 Å². The van der Waals surface area contributed by atoms with Crippen LogP contribution in [-0.2, 0) is 19.6 Å². The molecule has 0 spiro atoms. The van der Waals surface area contributed by atoms with Gasteiger partial charge in [-0.1, -0.05) is 17.7 Å². The number of amides is 1. The summed E-state index contributed by atoms with van der Waals surface area (Å²) >= 11 is 6.24. The van der Waals surface area contributed by atoms with Crippen LogP contribution in [0.5, 0.6) is 5.75 Å². The van der Waals surface area contributed by atoms with Gasteiger partial charge in [-0.2, -0.15) is 4.98 Å². The van der Waals surface area contributed by atoms with Crippen molar-refractivity contribution in [2.45, 2.75) is 19.6 Å². The fourth-order valence-electron chi connectivity index (χ4n) is 3.03. The minimum Gasteiger partial charge on any atom is -0.495 e. The lowest BCUT2D eigenvalue weighted by Gasteiger charge is -2.13. The molecule has 11 nitrogen and oxygen atoms in total. The van der Waals surface area contributed by atoms with E-state index in [9.17, 15) is 4.79 Å². The average molecular weight is 492 g/mol. The Morgan fingerprint density at radius 3 is 2.26 bits per heavy atom. The summed E-state index contributed by atoms with van der Waals surface area (Å²) in [5, 5.41) is 9.55. The summed E-state index contributed by atoms with van der Waals surface area (Å²) < 4.78 is 5.20. The van der Waals surface area contributed by atoms with Crippen LogP contribution in [0.25, 0.3) is 0 Å². The van der Waals surface area contributed by atoms with Crippen molar-refractivity contribution in [2.75, 3.05) is 17.7 Å². The van der Waals surface area contributed by atoms with E-state index in [4.69, 9.17) is 16.3 Å². The van der Waals surface area contributed by atoms with E-state index in [-0.39, 0.29) is 18.0 Å². The molecule has 12 heteroatoms. The Kier molecular flexibility index (Phi) is 7.92. The quantitative estimate of drug-likeness (QED) is 0.303. The van der Waals surface area contributed by atoms with E-state index in [1.54, 1.807) is 56.2 Å². The largest absolute Gasteiger partial charge is 0.495 e. The lowest BCUT2D eigenvalue weighted by Crippen LogP contribution is -2.26. The standard InChI is InChI=1S/C23H22ClN9O2/c1-35-18-5-4-15(10-17(18)24)11-29-21-16(22(34)30-13-19-25-6-2-7-26-19)12-31-23(33-21)32-14-20-27-8-3-9-28-20/h2-10,12H,11,13-14H2,1H3,(H,30,34)(H2,29,31,32,33). The van der Waals surface area contributed by atoms with Crippen LogP contribution in [-0.4, -0.2) is 42.9 Å². The lowest BCUT2D eigenvalue weighted by molar-refractivity contribution is 0.0950. The number of hydrogen-bond acceptors (Lipinski definition) is 10. The first-order valence-electron chi connectivity index (χ1n) is 10.6. The molecule has 0 radical (unpaired) electrons. The minimum absolute atomic E-state index is 0.165. The molecule has 4 aromatic rings. The van der Waals surface area contributed by atoms with E-state index in [1.807, 2.05) is 6.07 Å². The highest BCUT2D eigenvalue weighted by molar-refractivity contribution is 6.32. The topological polar surface area (TPSA) is 140 Å². The van der Waals surface area contributed by atoms with Gasteiger partial charge in [0.25, 0.3) is 5.91 Å². The second-order valence-electron chi connectivity index (χ2n) is 7.14. The normalized spacial score (nSPS) is 10.5. The number of carbonyl (C=O) groups is 1. The molecule has 0 aliphatic rings. The fraction of sp³-hybridized carbons (Fsp3) is 0.174. The van der Waals surface area contributed by atoms with E-state index >= 15 is 0 Å². The van der Waals surface area contributed by atoms with Crippen LogP contribution in [0.3, 0.4) is 0 Å². The number of carbonyl (C=O) groups excluding carboxylic acids is 1. The Balaban J connectivity index is 1.51. The number of methoxy groups -OCH3 is 1. The van der Waals surface area contributed by atoms with Crippen LogP contribution < -0.4 is 20.7 Å². The van der Waals surface area contributed by atoms with Crippen molar-refractivity contribution in [1.82, 2.24) is 35.2 Å². The van der Waals surface area contributed by atoms with E-state index < -0.39 is 0 Å². The van der Waals surface area contributed by atoms with Crippen molar-refractivity contribution in [1.29, 1.82) is 0 Å². The molecule has 0 saturated heterocycles. The average Bonchev–Trinajstić information content (AvgIpc) is 2.90. The highest BCUT2D eigenvalue weighted by Gasteiger charge is 2.16. The number of halogens is 1. The Hall–Kier alpha value is -4.38. The molecule has 3 N–H and O–H groups in total. The monoisotopic (exact) mass is 491 g/mol. The van der Waals surface area contributed by atoms with Crippen molar-refractivity contribution in [2.24, 2.45) is 0 Å². The maximum atomic E-state index is 12.9. The summed E-state index contributed by atoms with van der Waals surface area (Å²) in [6.45, 7) is 0.855. The third kappa shape index (κ3) is 6.58. The Bertz CT molecular complexity index is 1280. The molecule has 0 atom stereocenters. The number of ether oxygens (including phenoxy) is 1. The molecule has 0 aliphatic carbocycles. The van der Waals surface area contributed by atoms with Gasteiger partial charge in [0, 0.05) is 37.5 Å². The summed E-state index contributed by atoms with van der Waals surface area (Å²) in [7, 11) is 1.56. The van der Waals surface area contributed by atoms with Crippen molar-refractivity contribution in [3.05, 3.63) is 89.1 Å². The second-order valence-corrected chi connectivity index (χ2v) is 7.55. The molecule has 178 valence electrons. The molecule has 3 heterocycles. The Morgan fingerprint density at radius 2 is 1.60 bits per heavy atom. The molecule has 0 saturated carbocycles. The molecule has 0 bridgehead atoms. The van der Waals surface area contributed by atoms with Gasteiger partial charge < -0.3 is 20.7 Å². The van der Waals surface area contributed by atoms with Gasteiger partial charge >= 0.3 is 0 Å². The maximum Gasteiger partial charge on any atom is 0.256 e. The lowest BCUT2D eigenvalue weighted by atomic mass is 10.2. The highest BCUT2D eigenvalue weighted by atomic mass is 35.5. The van der Waals surface area contributed by atoms with E-state index in [0.717, 1.165) is 5.56 Å². The van der Waals surface area contributed by atoms with Crippen LogP contribution in [0.1, 0.15) is 27.6 Å². The van der Waals surface area contributed by atoms with Crippen LogP contribution in [0, 0.1) is 0 Å². The number of rotatable bonds is 10. The third-order valence-electron chi connectivity index (χ3n) is 4.76. The molecule has 35 heavy (non-hydrogen) atoms. The van der Waals surface area contributed by atoms with Crippen LogP contribution in [0.2, 0.25) is 5.02 Å². The molecule has 1 aromatic carbocycles. The zero-order valence-electron chi connectivity index (χ0n) is 18.8. The van der Waals surface area contributed by atoms with Gasteiger partial charge in [0.15, 0.2) is 0 Å². The minimum atomic E-state index is -0.370. The molecule has 4 rings (SSSR count). The van der Waals surface area contributed by atoms with Crippen LogP contribution in [0.4, 0.5) is 11.8 Å². The third-order valence-corrected chi connectivity index (χ3v) is 5.06. The summed E-state index contributed by atoms with van der Waals surface area (Å²) in [6, 6.07) is 8.88. The fourth-order valence-corrected chi connectivity index (χ4v) is 3.31. The van der Waals surface area contributed by atoms with Crippen LogP contribution >= 0.6 is 11.6 Å². The van der Waals surface area contributed by atoms with E-state index in [0.29, 0.717) is 47.3 Å². The van der Waals surface area contributed by atoms with Crippen LogP contribution in [0.15, 0.2) is 61.3 Å². The van der Waals surface area contributed by atoms with Crippen molar-refractivity contribution >= 4 is 29.3 Å². The van der Waals surface area contributed by atoms with Crippen molar-refractivity contribution in [3.8, 4) is 5.75 Å². The molecule has 0 aliphatic heterocycles. The summed E-state index contributed by atoms with van der Waals surface area (Å²) in [4.78, 5) is 38.3. The van der Waals surface area contributed by atoms with Gasteiger partial charge in [0.2, 0.25) is 5.95 Å². The van der Waals surface area contributed by atoms with Gasteiger partial charge in [-0.05, 0) is 29.8 Å². The second kappa shape index (κ2) is 11.7. The van der Waals surface area contributed by atoms with Gasteiger partial charge in [-0.3, -0.25) is 4.79 Å². The first-order valence-corrected chi connectivity index (χ1v) is 11.0. The SMILES string of the molecule is COc1ccc(CNc2nc(NCc3ncccn3)ncc2C(=O)NCc2ncccn2)cc1Cl. The van der Waals surface area contributed by atoms with Crippen molar-refractivity contribution < 1.29 is 9.53 Å². The van der Waals surface area contributed by atoms with Gasteiger partial charge in [-0.25, -0.2) is 24.9 Å². The first-order chi connectivity index (χ1) is 17.1. The van der Waals surface area contributed by atoms with Gasteiger partial charge in [-0.15, -0.1) is 0 Å². The summed E-state index contributed by atoms with van der Waals surface area (Å²) in [5.41, 5.74) is 1.15. The highest BCUT2D eigenvalue weighted by Crippen LogP contribution is 2.25. The van der Waals surface area contributed by atoms with Gasteiger partial charge in [0.05, 0.1) is 25.2 Å². The number of nitrogens with one attached hydrogen (secondary N) is 3. The zero-order chi connectivity index (χ0) is 24.5. The number of hydrogen-bond donors (Lipinski definition) is 3. The molecule has 0 unspecified atom stereocenters. The number of nitrogens with zero attached hydrogens (tertiary/aromatic N) is 6. The molecule has 1 amide bonds. The zero-order valence-corrected chi connectivity index (χ0v) is 19.5. The smallest absolute Gasteiger partial charge is 0.256 e. The van der Waals surface area contributed by atoms with E-state index in [2.05, 4.69) is 45.9 Å². The Labute approximate surface area is 206 Å². The predicted octanol–water partition coefficient (Wildman–Crippen LogP) is 2.87. The molecular weight excluding hydrogens is 470 g/mol. The predicted molar refractivity (Wildman–Crippen MR) is 130 cm³/mol. The van der Waals surface area contributed by atoms with E-state index in [1.165, 1.54) is 6.20 Å². The maximum absolute atomic E-state index is 12.9. The molecular formula is C23H22ClN9O2. The van der Waals surface area contributed by atoms with Crippen molar-refractivity contribution in [3.63, 3.8) is 0 Å².